The maximum absolute atomic E-state index is 12.4. The maximum Gasteiger partial charge on any atom is 0.252 e. The van der Waals surface area contributed by atoms with Crippen LogP contribution in [0.4, 0.5) is 0 Å². The average molecular weight is 274 g/mol. The lowest BCUT2D eigenvalue weighted by atomic mass is 10.0. The Balaban J connectivity index is 2.25. The predicted molar refractivity (Wildman–Crippen MR) is 69.3 cm³/mol. The van der Waals surface area contributed by atoms with Gasteiger partial charge in [-0.15, -0.1) is 11.3 Å². The second kappa shape index (κ2) is 4.68. The topological polar surface area (TPSA) is 63.4 Å². The van der Waals surface area contributed by atoms with Crippen molar-refractivity contribution in [3.63, 3.8) is 0 Å². The lowest BCUT2D eigenvalue weighted by Crippen LogP contribution is -2.28. The van der Waals surface area contributed by atoms with E-state index in [1.165, 1.54) is 11.3 Å². The molecular weight excluding hydrogens is 256 g/mol. The molecule has 6 heteroatoms. The highest BCUT2D eigenvalue weighted by Gasteiger charge is 2.35. The summed E-state index contributed by atoms with van der Waals surface area (Å²) in [6.07, 6.45) is 0. The van der Waals surface area contributed by atoms with E-state index in [1.54, 1.807) is 10.4 Å². The normalized spacial score (nSPS) is 26.5. The minimum absolute atomic E-state index is 0.388. The molecule has 17 heavy (non-hydrogen) atoms. The first-order valence-corrected chi connectivity index (χ1v) is 8.04. The zero-order valence-electron chi connectivity index (χ0n) is 10.1. The van der Waals surface area contributed by atoms with Crippen molar-refractivity contribution in [3.05, 3.63) is 17.0 Å². The molecule has 0 aromatic carbocycles. The van der Waals surface area contributed by atoms with E-state index in [9.17, 15) is 8.42 Å². The molecule has 1 aromatic rings. The highest BCUT2D eigenvalue weighted by Crippen LogP contribution is 2.30. The number of hydrogen-bond donors (Lipinski definition) is 1. The average Bonchev–Trinajstić information content (AvgIpc) is 2.87. The molecule has 0 saturated carbocycles. The van der Waals surface area contributed by atoms with Gasteiger partial charge in [-0.1, -0.05) is 13.8 Å². The molecule has 1 fully saturated rings. The van der Waals surface area contributed by atoms with Gasteiger partial charge in [-0.05, 0) is 28.8 Å². The third-order valence-electron chi connectivity index (χ3n) is 3.41. The van der Waals surface area contributed by atoms with E-state index in [0.29, 0.717) is 35.7 Å². The number of thiophene rings is 1. The molecule has 0 amide bonds. The molecule has 0 radical (unpaired) electrons. The number of rotatable bonds is 3. The second-order valence-corrected chi connectivity index (χ2v) is 7.83. The summed E-state index contributed by atoms with van der Waals surface area (Å²) in [6, 6.07) is 1.69. The third-order valence-corrected chi connectivity index (χ3v) is 6.71. The van der Waals surface area contributed by atoms with Crippen molar-refractivity contribution in [2.75, 3.05) is 13.1 Å². The zero-order valence-corrected chi connectivity index (χ0v) is 11.7. The van der Waals surface area contributed by atoms with Gasteiger partial charge in [-0.25, -0.2) is 8.42 Å². The molecule has 0 bridgehead atoms. The fraction of sp³-hybridized carbons (Fsp3) is 0.636. The van der Waals surface area contributed by atoms with Gasteiger partial charge in [-0.2, -0.15) is 4.31 Å². The Labute approximate surface area is 106 Å². The molecule has 0 aliphatic carbocycles. The van der Waals surface area contributed by atoms with Crippen LogP contribution in [0.15, 0.2) is 15.7 Å². The Bertz CT molecular complexity index is 485. The molecule has 2 unspecified atom stereocenters. The summed E-state index contributed by atoms with van der Waals surface area (Å²) >= 11 is 1.26. The van der Waals surface area contributed by atoms with Gasteiger partial charge < -0.3 is 5.73 Å². The fourth-order valence-electron chi connectivity index (χ4n) is 2.00. The van der Waals surface area contributed by atoms with Gasteiger partial charge >= 0.3 is 0 Å². The van der Waals surface area contributed by atoms with Crippen molar-refractivity contribution in [2.24, 2.45) is 17.6 Å². The largest absolute Gasteiger partial charge is 0.326 e. The van der Waals surface area contributed by atoms with E-state index in [2.05, 4.69) is 13.8 Å². The summed E-state index contributed by atoms with van der Waals surface area (Å²) in [5.74, 6) is 0.859. The van der Waals surface area contributed by atoms with Crippen LogP contribution in [0.2, 0.25) is 0 Å². The molecule has 4 nitrogen and oxygen atoms in total. The van der Waals surface area contributed by atoms with E-state index in [1.807, 2.05) is 5.38 Å². The van der Waals surface area contributed by atoms with Gasteiger partial charge in [0, 0.05) is 19.6 Å². The first kappa shape index (κ1) is 13.0. The summed E-state index contributed by atoms with van der Waals surface area (Å²) in [5, 5.41) is 1.82. The van der Waals surface area contributed by atoms with Crippen LogP contribution in [0, 0.1) is 11.8 Å². The van der Waals surface area contributed by atoms with Crippen molar-refractivity contribution in [2.45, 2.75) is 24.6 Å². The smallest absolute Gasteiger partial charge is 0.252 e. The minimum Gasteiger partial charge on any atom is -0.326 e. The van der Waals surface area contributed by atoms with Crippen LogP contribution in [-0.4, -0.2) is 25.8 Å². The van der Waals surface area contributed by atoms with Crippen molar-refractivity contribution >= 4 is 21.4 Å². The Hall–Kier alpha value is -0.430. The van der Waals surface area contributed by atoms with Crippen LogP contribution in [-0.2, 0) is 16.6 Å². The molecule has 1 aliphatic heterocycles. The van der Waals surface area contributed by atoms with Gasteiger partial charge in [0.25, 0.3) is 10.0 Å². The quantitative estimate of drug-likeness (QED) is 0.908. The lowest BCUT2D eigenvalue weighted by molar-refractivity contribution is 0.465. The Morgan fingerprint density at radius 3 is 2.47 bits per heavy atom. The zero-order chi connectivity index (χ0) is 12.6. The highest BCUT2D eigenvalue weighted by atomic mass is 32.2. The maximum atomic E-state index is 12.4. The van der Waals surface area contributed by atoms with Crippen LogP contribution >= 0.6 is 11.3 Å². The third kappa shape index (κ3) is 2.40. The van der Waals surface area contributed by atoms with Gasteiger partial charge in [0.15, 0.2) is 0 Å². The van der Waals surface area contributed by atoms with E-state index in [0.717, 1.165) is 5.56 Å². The lowest BCUT2D eigenvalue weighted by Gasteiger charge is -2.14. The molecule has 2 N–H and O–H groups in total. The van der Waals surface area contributed by atoms with Gasteiger partial charge in [0.2, 0.25) is 0 Å². The minimum atomic E-state index is -3.30. The number of sulfonamides is 1. The van der Waals surface area contributed by atoms with Crippen molar-refractivity contribution < 1.29 is 8.42 Å². The van der Waals surface area contributed by atoms with E-state index in [-0.39, 0.29) is 0 Å². The van der Waals surface area contributed by atoms with Crippen molar-refractivity contribution in [3.8, 4) is 0 Å². The van der Waals surface area contributed by atoms with Crippen molar-refractivity contribution in [1.82, 2.24) is 4.31 Å². The molecule has 2 heterocycles. The summed E-state index contributed by atoms with van der Waals surface area (Å²) in [4.78, 5) is 0. The van der Waals surface area contributed by atoms with Crippen LogP contribution < -0.4 is 5.73 Å². The van der Waals surface area contributed by atoms with E-state index in [4.69, 9.17) is 5.73 Å². The standard InChI is InChI=1S/C11H18N2O2S2/c1-8-5-13(6-9(8)2)17(14,15)11-3-10(4-12)7-16-11/h3,7-9H,4-6,12H2,1-2H3. The van der Waals surface area contributed by atoms with Crippen LogP contribution in [0.25, 0.3) is 0 Å². The van der Waals surface area contributed by atoms with Crippen molar-refractivity contribution in [1.29, 1.82) is 0 Å². The second-order valence-electron chi connectivity index (χ2n) is 4.75. The SMILES string of the molecule is CC1CN(S(=O)(=O)c2cc(CN)cs2)CC1C. The van der Waals surface area contributed by atoms with Crippen LogP contribution in [0.3, 0.4) is 0 Å². The van der Waals surface area contributed by atoms with Gasteiger partial charge in [-0.3, -0.25) is 0 Å². The molecule has 1 aliphatic rings. The first-order valence-electron chi connectivity index (χ1n) is 5.72. The summed E-state index contributed by atoms with van der Waals surface area (Å²) in [6.45, 7) is 5.83. The van der Waals surface area contributed by atoms with Gasteiger partial charge in [0.1, 0.15) is 4.21 Å². The van der Waals surface area contributed by atoms with E-state index < -0.39 is 10.0 Å². The van der Waals surface area contributed by atoms with Crippen LogP contribution in [0.5, 0.6) is 0 Å². The summed E-state index contributed by atoms with van der Waals surface area (Å²) in [5.41, 5.74) is 6.39. The molecule has 0 spiro atoms. The highest BCUT2D eigenvalue weighted by molar-refractivity contribution is 7.91. The predicted octanol–water partition coefficient (Wildman–Crippen LogP) is 1.48. The number of nitrogens with two attached hydrogens (primary N) is 1. The molecule has 1 saturated heterocycles. The molecule has 96 valence electrons. The summed E-state index contributed by atoms with van der Waals surface area (Å²) in [7, 11) is -3.30. The Morgan fingerprint density at radius 1 is 1.41 bits per heavy atom. The Morgan fingerprint density at radius 2 is 2.00 bits per heavy atom. The number of nitrogens with zero attached hydrogens (tertiary/aromatic N) is 1. The molecule has 2 atom stereocenters. The van der Waals surface area contributed by atoms with Gasteiger partial charge in [0.05, 0.1) is 0 Å². The first-order chi connectivity index (χ1) is 7.95. The summed E-state index contributed by atoms with van der Waals surface area (Å²) < 4.78 is 26.7. The number of hydrogen-bond acceptors (Lipinski definition) is 4. The Kier molecular flexibility index (Phi) is 3.58. The van der Waals surface area contributed by atoms with Crippen LogP contribution in [0.1, 0.15) is 19.4 Å². The van der Waals surface area contributed by atoms with E-state index >= 15 is 0 Å². The molecule has 1 aromatic heterocycles. The molecular formula is C11H18N2O2S2. The molecule has 2 rings (SSSR count). The monoisotopic (exact) mass is 274 g/mol. The fourth-order valence-corrected chi connectivity index (χ4v) is 5.01.